The number of ether oxygens (including phenoxy) is 1. The number of hydrogen-bond donors (Lipinski definition) is 1. The van der Waals surface area contributed by atoms with Gasteiger partial charge < -0.3 is 4.74 Å². The molecule has 1 unspecified atom stereocenters. The van der Waals surface area contributed by atoms with E-state index in [1.807, 2.05) is 6.92 Å². The van der Waals surface area contributed by atoms with Crippen LogP contribution < -0.4 is 5.84 Å². The van der Waals surface area contributed by atoms with Gasteiger partial charge in [-0.15, -0.1) is 0 Å². The summed E-state index contributed by atoms with van der Waals surface area (Å²) >= 11 is 0. The van der Waals surface area contributed by atoms with Crippen molar-refractivity contribution in [3.05, 3.63) is 0 Å². The highest BCUT2D eigenvalue weighted by atomic mass is 16.5. The predicted octanol–water partition coefficient (Wildman–Crippen LogP) is 0.134. The minimum Gasteiger partial charge on any atom is -0.468 e. The third kappa shape index (κ3) is 3.34. The second-order valence-electron chi connectivity index (χ2n) is 2.44. The first-order valence-electron chi connectivity index (χ1n) is 3.72. The quantitative estimate of drug-likeness (QED) is 0.361. The minimum absolute atomic E-state index is 0.291. The first-order valence-corrected chi connectivity index (χ1v) is 3.72. The maximum absolute atomic E-state index is 10.9. The Labute approximate surface area is 67.3 Å². The standard InChI is InChI=1S/C7H16N2O2/c1-4-5-9(8)6(2)7(10)11-3/h6H,4-5,8H2,1-3H3. The molecule has 0 heterocycles. The van der Waals surface area contributed by atoms with Gasteiger partial charge >= 0.3 is 5.97 Å². The van der Waals surface area contributed by atoms with E-state index in [1.165, 1.54) is 12.1 Å². The van der Waals surface area contributed by atoms with E-state index >= 15 is 0 Å². The predicted molar refractivity (Wildman–Crippen MR) is 42.7 cm³/mol. The summed E-state index contributed by atoms with van der Waals surface area (Å²) in [5.41, 5.74) is 0. The molecule has 0 aromatic heterocycles. The molecule has 4 heteroatoms. The summed E-state index contributed by atoms with van der Waals surface area (Å²) in [5, 5.41) is 1.48. The molecule has 0 saturated carbocycles. The molecule has 66 valence electrons. The number of methoxy groups -OCH3 is 1. The van der Waals surface area contributed by atoms with Crippen LogP contribution in [-0.2, 0) is 9.53 Å². The molecule has 11 heavy (non-hydrogen) atoms. The maximum atomic E-state index is 10.9. The van der Waals surface area contributed by atoms with Crippen molar-refractivity contribution in [3.63, 3.8) is 0 Å². The molecule has 0 aliphatic heterocycles. The lowest BCUT2D eigenvalue weighted by atomic mass is 10.3. The van der Waals surface area contributed by atoms with E-state index in [0.717, 1.165) is 6.42 Å². The largest absolute Gasteiger partial charge is 0.468 e. The van der Waals surface area contributed by atoms with Crippen molar-refractivity contribution in [3.8, 4) is 0 Å². The van der Waals surface area contributed by atoms with Crippen LogP contribution in [0.2, 0.25) is 0 Å². The zero-order chi connectivity index (χ0) is 8.85. The fraction of sp³-hybridized carbons (Fsp3) is 0.857. The van der Waals surface area contributed by atoms with Crippen LogP contribution in [0.1, 0.15) is 20.3 Å². The van der Waals surface area contributed by atoms with Crippen LogP contribution in [0.15, 0.2) is 0 Å². The zero-order valence-corrected chi connectivity index (χ0v) is 7.33. The molecule has 0 bridgehead atoms. The van der Waals surface area contributed by atoms with Crippen molar-refractivity contribution in [2.24, 2.45) is 5.84 Å². The lowest BCUT2D eigenvalue weighted by Crippen LogP contribution is -2.44. The SMILES string of the molecule is CCCN(N)C(C)C(=O)OC. The van der Waals surface area contributed by atoms with Crippen LogP contribution in [0.5, 0.6) is 0 Å². The summed E-state index contributed by atoms with van der Waals surface area (Å²) in [6.07, 6.45) is 0.928. The topological polar surface area (TPSA) is 55.6 Å². The van der Waals surface area contributed by atoms with Gasteiger partial charge in [0.25, 0.3) is 0 Å². The summed E-state index contributed by atoms with van der Waals surface area (Å²) < 4.78 is 4.52. The average molecular weight is 160 g/mol. The van der Waals surface area contributed by atoms with E-state index in [0.29, 0.717) is 6.54 Å². The van der Waals surface area contributed by atoms with Gasteiger partial charge in [0.1, 0.15) is 6.04 Å². The Morgan fingerprint density at radius 1 is 1.73 bits per heavy atom. The second kappa shape index (κ2) is 5.09. The van der Waals surface area contributed by atoms with Crippen LogP contribution in [-0.4, -0.2) is 30.7 Å². The molecule has 0 aromatic carbocycles. The van der Waals surface area contributed by atoms with Gasteiger partial charge in [0.15, 0.2) is 0 Å². The maximum Gasteiger partial charge on any atom is 0.324 e. The van der Waals surface area contributed by atoms with E-state index in [4.69, 9.17) is 5.84 Å². The Morgan fingerprint density at radius 2 is 2.27 bits per heavy atom. The highest BCUT2D eigenvalue weighted by molar-refractivity contribution is 5.74. The molecular weight excluding hydrogens is 144 g/mol. The Morgan fingerprint density at radius 3 is 2.64 bits per heavy atom. The third-order valence-electron chi connectivity index (χ3n) is 1.52. The smallest absolute Gasteiger partial charge is 0.324 e. The number of hydrazine groups is 1. The fourth-order valence-corrected chi connectivity index (χ4v) is 0.758. The summed E-state index contributed by atoms with van der Waals surface area (Å²) in [5.74, 6) is 5.25. The van der Waals surface area contributed by atoms with Gasteiger partial charge in [0.05, 0.1) is 7.11 Å². The van der Waals surface area contributed by atoms with Crippen LogP contribution in [0.3, 0.4) is 0 Å². The van der Waals surface area contributed by atoms with Crippen molar-refractivity contribution in [1.29, 1.82) is 0 Å². The number of carbonyl (C=O) groups is 1. The first-order chi connectivity index (χ1) is 5.13. The Hall–Kier alpha value is -0.610. The molecule has 0 radical (unpaired) electrons. The molecule has 0 aliphatic carbocycles. The molecule has 0 aromatic rings. The molecule has 0 fully saturated rings. The Kier molecular flexibility index (Phi) is 4.81. The zero-order valence-electron chi connectivity index (χ0n) is 7.33. The van der Waals surface area contributed by atoms with E-state index in [9.17, 15) is 4.79 Å². The molecule has 4 nitrogen and oxygen atoms in total. The molecule has 0 amide bonds. The van der Waals surface area contributed by atoms with Crippen molar-refractivity contribution < 1.29 is 9.53 Å². The normalized spacial score (nSPS) is 13.2. The molecule has 1 atom stereocenters. The van der Waals surface area contributed by atoms with Gasteiger partial charge in [0, 0.05) is 6.54 Å². The lowest BCUT2D eigenvalue weighted by Gasteiger charge is -2.20. The second-order valence-corrected chi connectivity index (χ2v) is 2.44. The average Bonchev–Trinajstić information content (AvgIpc) is 2.02. The lowest BCUT2D eigenvalue weighted by molar-refractivity contribution is -0.146. The van der Waals surface area contributed by atoms with Crippen molar-refractivity contribution in [2.45, 2.75) is 26.3 Å². The minimum atomic E-state index is -0.347. The number of nitrogens with two attached hydrogens (primary N) is 1. The van der Waals surface area contributed by atoms with Crippen molar-refractivity contribution in [1.82, 2.24) is 5.01 Å². The van der Waals surface area contributed by atoms with Crippen LogP contribution in [0.4, 0.5) is 0 Å². The number of esters is 1. The van der Waals surface area contributed by atoms with Gasteiger partial charge in [-0.25, -0.2) is 5.01 Å². The van der Waals surface area contributed by atoms with Crippen LogP contribution >= 0.6 is 0 Å². The third-order valence-corrected chi connectivity index (χ3v) is 1.52. The monoisotopic (exact) mass is 160 g/mol. The first kappa shape index (κ1) is 10.4. The molecule has 0 saturated heterocycles. The van der Waals surface area contributed by atoms with Crippen LogP contribution in [0, 0.1) is 0 Å². The molecule has 0 spiro atoms. The number of rotatable bonds is 4. The van der Waals surface area contributed by atoms with Gasteiger partial charge in [-0.3, -0.25) is 10.6 Å². The van der Waals surface area contributed by atoms with Gasteiger partial charge in [-0.2, -0.15) is 0 Å². The van der Waals surface area contributed by atoms with Gasteiger partial charge in [-0.05, 0) is 13.3 Å². The Balaban J connectivity index is 3.80. The van der Waals surface area contributed by atoms with E-state index in [2.05, 4.69) is 4.74 Å². The highest BCUT2D eigenvalue weighted by Gasteiger charge is 2.17. The van der Waals surface area contributed by atoms with E-state index < -0.39 is 0 Å². The van der Waals surface area contributed by atoms with Crippen molar-refractivity contribution >= 4 is 5.97 Å². The van der Waals surface area contributed by atoms with Crippen molar-refractivity contribution in [2.75, 3.05) is 13.7 Å². The van der Waals surface area contributed by atoms with Gasteiger partial charge in [0.2, 0.25) is 0 Å². The highest BCUT2D eigenvalue weighted by Crippen LogP contribution is 1.95. The number of nitrogens with zero attached hydrogens (tertiary/aromatic N) is 1. The van der Waals surface area contributed by atoms with Crippen LogP contribution in [0.25, 0.3) is 0 Å². The van der Waals surface area contributed by atoms with E-state index in [-0.39, 0.29) is 12.0 Å². The molecular formula is C7H16N2O2. The summed E-state index contributed by atoms with van der Waals surface area (Å²) in [4.78, 5) is 10.9. The Bertz CT molecular complexity index is 128. The molecule has 0 aliphatic rings. The van der Waals surface area contributed by atoms with Gasteiger partial charge in [-0.1, -0.05) is 6.92 Å². The summed E-state index contributed by atoms with van der Waals surface area (Å²) in [6.45, 7) is 4.43. The fourth-order valence-electron chi connectivity index (χ4n) is 0.758. The summed E-state index contributed by atoms with van der Waals surface area (Å²) in [6, 6.07) is -0.347. The number of hydrogen-bond acceptors (Lipinski definition) is 4. The number of carbonyl (C=O) groups excluding carboxylic acids is 1. The summed E-state index contributed by atoms with van der Waals surface area (Å²) in [7, 11) is 1.36. The van der Waals surface area contributed by atoms with E-state index in [1.54, 1.807) is 6.92 Å². The molecule has 0 rings (SSSR count). The molecule has 2 N–H and O–H groups in total.